The molecule has 0 aliphatic carbocycles. The van der Waals surface area contributed by atoms with E-state index in [1.807, 2.05) is 6.92 Å². The van der Waals surface area contributed by atoms with E-state index in [1.165, 1.54) is 34.6 Å². The van der Waals surface area contributed by atoms with Crippen LogP contribution in [0.2, 0.25) is 13.3 Å². The van der Waals surface area contributed by atoms with E-state index in [4.69, 9.17) is 3.07 Å². The van der Waals surface area contributed by atoms with E-state index >= 15 is 0 Å². The van der Waals surface area contributed by atoms with Crippen LogP contribution in [0.15, 0.2) is 0 Å². The van der Waals surface area contributed by atoms with Gasteiger partial charge in [-0.2, -0.15) is 0 Å². The second kappa shape index (κ2) is 10.2. The molecule has 0 aliphatic rings. The Balaban J connectivity index is 4.47. The van der Waals surface area contributed by atoms with E-state index < -0.39 is 18.8 Å². The first-order chi connectivity index (χ1) is 8.14. The maximum absolute atomic E-state index is 11.8. The second-order valence-corrected chi connectivity index (χ2v) is 17.2. The zero-order valence-corrected chi connectivity index (χ0v) is 15.0. The van der Waals surface area contributed by atoms with Gasteiger partial charge in [0.2, 0.25) is 0 Å². The molecular formula is C14H30O2Sn. The van der Waals surface area contributed by atoms with Gasteiger partial charge >= 0.3 is 112 Å². The summed E-state index contributed by atoms with van der Waals surface area (Å²) in [6, 6.07) is 0. The van der Waals surface area contributed by atoms with Gasteiger partial charge in [-0.1, -0.05) is 0 Å². The van der Waals surface area contributed by atoms with Crippen LogP contribution in [-0.2, 0) is 7.87 Å². The molecule has 2 nitrogen and oxygen atoms in total. The van der Waals surface area contributed by atoms with E-state index in [-0.39, 0.29) is 5.97 Å². The summed E-state index contributed by atoms with van der Waals surface area (Å²) in [6.45, 7) is 8.73. The average molecular weight is 349 g/mol. The first kappa shape index (κ1) is 17.3. The molecule has 0 bridgehead atoms. The number of carbonyl (C=O) groups is 1. The van der Waals surface area contributed by atoms with E-state index in [2.05, 4.69) is 20.8 Å². The summed E-state index contributed by atoms with van der Waals surface area (Å²) >= 11 is -2.57. The first-order valence-corrected chi connectivity index (χ1v) is 14.6. The van der Waals surface area contributed by atoms with E-state index in [9.17, 15) is 4.79 Å². The Hall–Kier alpha value is 0.269. The molecule has 102 valence electrons. The van der Waals surface area contributed by atoms with Crippen LogP contribution in [0.5, 0.6) is 0 Å². The van der Waals surface area contributed by atoms with E-state index in [0.717, 1.165) is 10.9 Å². The molecule has 0 heterocycles. The molecule has 0 aromatic heterocycles. The molecule has 0 unspecified atom stereocenters. The SMILES string of the molecule is CCC[CH2][Sn]([CH2]C)([CH2]CCC)[O]C(=O)CCC. The Morgan fingerprint density at radius 3 is 1.82 bits per heavy atom. The van der Waals surface area contributed by atoms with Gasteiger partial charge in [-0.3, -0.25) is 0 Å². The number of unbranched alkanes of at least 4 members (excludes halogenated alkanes) is 2. The van der Waals surface area contributed by atoms with Gasteiger partial charge in [-0.05, 0) is 0 Å². The molecule has 0 N–H and O–H groups in total. The fourth-order valence-electron chi connectivity index (χ4n) is 2.15. The van der Waals surface area contributed by atoms with Gasteiger partial charge < -0.3 is 0 Å². The Morgan fingerprint density at radius 2 is 1.47 bits per heavy atom. The molecule has 0 spiro atoms. The topological polar surface area (TPSA) is 26.3 Å². The van der Waals surface area contributed by atoms with Gasteiger partial charge in [-0.15, -0.1) is 0 Å². The monoisotopic (exact) mass is 350 g/mol. The average Bonchev–Trinajstić information content (AvgIpc) is 2.33. The third-order valence-electron chi connectivity index (χ3n) is 3.40. The van der Waals surface area contributed by atoms with Gasteiger partial charge in [0.25, 0.3) is 0 Å². The molecule has 0 radical (unpaired) electrons. The number of hydrogen-bond acceptors (Lipinski definition) is 2. The van der Waals surface area contributed by atoms with Gasteiger partial charge in [-0.25, -0.2) is 0 Å². The quantitative estimate of drug-likeness (QED) is 0.525. The van der Waals surface area contributed by atoms with Crippen molar-refractivity contribution in [1.29, 1.82) is 0 Å². The molecule has 0 fully saturated rings. The zero-order valence-electron chi connectivity index (χ0n) is 12.2. The molecule has 0 aromatic rings. The molecule has 0 atom stereocenters. The molecule has 0 aromatic carbocycles. The van der Waals surface area contributed by atoms with Crippen LogP contribution in [0.25, 0.3) is 0 Å². The normalized spacial score (nSPS) is 11.5. The Kier molecular flexibility index (Phi) is 10.4. The van der Waals surface area contributed by atoms with Crippen molar-refractivity contribution in [3.8, 4) is 0 Å². The summed E-state index contributed by atoms with van der Waals surface area (Å²) in [5.74, 6) is 0.0809. The van der Waals surface area contributed by atoms with Crippen molar-refractivity contribution in [3.63, 3.8) is 0 Å². The van der Waals surface area contributed by atoms with Crippen LogP contribution in [0.3, 0.4) is 0 Å². The minimum absolute atomic E-state index is 0.0809. The molecule has 0 saturated carbocycles. The van der Waals surface area contributed by atoms with Crippen molar-refractivity contribution in [3.05, 3.63) is 0 Å². The molecule has 0 amide bonds. The molecule has 0 aliphatic heterocycles. The predicted octanol–water partition coefficient (Wildman–Crippen LogP) is 4.90. The van der Waals surface area contributed by atoms with Crippen molar-refractivity contribution in [2.75, 3.05) is 0 Å². The Bertz CT molecular complexity index is 196. The van der Waals surface area contributed by atoms with Crippen molar-refractivity contribution >= 4 is 24.8 Å². The van der Waals surface area contributed by atoms with Crippen LogP contribution in [0.1, 0.15) is 66.2 Å². The predicted molar refractivity (Wildman–Crippen MR) is 76.7 cm³/mol. The fraction of sp³-hybridized carbons (Fsp3) is 0.929. The third kappa shape index (κ3) is 7.32. The number of hydrogen-bond donors (Lipinski definition) is 0. The van der Waals surface area contributed by atoms with Gasteiger partial charge in [0.05, 0.1) is 0 Å². The zero-order chi connectivity index (χ0) is 13.1. The van der Waals surface area contributed by atoms with Crippen LogP contribution in [0, 0.1) is 0 Å². The Morgan fingerprint density at radius 1 is 0.941 bits per heavy atom. The van der Waals surface area contributed by atoms with Gasteiger partial charge in [0.15, 0.2) is 0 Å². The molecule has 0 rings (SSSR count). The van der Waals surface area contributed by atoms with Gasteiger partial charge in [0, 0.05) is 0 Å². The van der Waals surface area contributed by atoms with Crippen LogP contribution in [-0.4, -0.2) is 24.8 Å². The summed E-state index contributed by atoms with van der Waals surface area (Å²) < 4.78 is 9.63. The minimum atomic E-state index is -2.57. The van der Waals surface area contributed by atoms with Crippen molar-refractivity contribution in [2.45, 2.75) is 79.5 Å². The Labute approximate surface area is 112 Å². The van der Waals surface area contributed by atoms with E-state index in [1.54, 1.807) is 0 Å². The molecule has 3 heteroatoms. The summed E-state index contributed by atoms with van der Waals surface area (Å²) in [5, 5.41) is 0. The summed E-state index contributed by atoms with van der Waals surface area (Å²) in [5.41, 5.74) is 0. The van der Waals surface area contributed by atoms with E-state index in [0.29, 0.717) is 6.42 Å². The first-order valence-electron chi connectivity index (χ1n) is 7.36. The van der Waals surface area contributed by atoms with Crippen molar-refractivity contribution in [1.82, 2.24) is 0 Å². The molecule has 0 saturated heterocycles. The van der Waals surface area contributed by atoms with Crippen LogP contribution < -0.4 is 0 Å². The fourth-order valence-corrected chi connectivity index (χ4v) is 13.2. The maximum atomic E-state index is 11.8. The van der Waals surface area contributed by atoms with Crippen molar-refractivity contribution < 1.29 is 7.87 Å². The van der Waals surface area contributed by atoms with Gasteiger partial charge in [0.1, 0.15) is 0 Å². The third-order valence-corrected chi connectivity index (χ3v) is 16.2. The number of rotatable bonds is 10. The summed E-state index contributed by atoms with van der Waals surface area (Å²) in [6.07, 6.45) is 6.44. The standard InChI is InChI=1S/C4H8O2.2C4H9.C2H5.Sn/c1-2-3-4(5)6;2*1-3-4-2;1-2;/h2-3H2,1H3,(H,5,6);2*1,3-4H2,2H3;1H2,2H3;/q;;;;+1/p-1. The van der Waals surface area contributed by atoms with Crippen molar-refractivity contribution in [2.24, 2.45) is 0 Å². The summed E-state index contributed by atoms with van der Waals surface area (Å²) in [7, 11) is 0. The molecule has 17 heavy (non-hydrogen) atoms. The van der Waals surface area contributed by atoms with Crippen LogP contribution in [0.4, 0.5) is 0 Å². The summed E-state index contributed by atoms with van der Waals surface area (Å²) in [4.78, 5) is 11.8. The van der Waals surface area contributed by atoms with Crippen LogP contribution >= 0.6 is 0 Å². The number of carbonyl (C=O) groups excluding carboxylic acids is 1. The molecular weight excluding hydrogens is 319 g/mol. The second-order valence-electron chi connectivity index (χ2n) is 4.97.